The minimum atomic E-state index is -3.55. The van der Waals surface area contributed by atoms with Crippen molar-refractivity contribution in [2.24, 2.45) is 5.41 Å². The standard InChI is InChI=1S/C18H30N2O4S/c1-17(2,3)15(13-25(22,23)20-18(4,5)6)19-16(21)24-12-14-10-8-7-9-11-14/h7-11,15,20H,12-13H2,1-6H3,(H,19,21)/t15-/m1/s1. The Morgan fingerprint density at radius 3 is 2.12 bits per heavy atom. The molecule has 0 saturated carbocycles. The summed E-state index contributed by atoms with van der Waals surface area (Å²) in [4.78, 5) is 12.1. The van der Waals surface area contributed by atoms with E-state index in [1.54, 1.807) is 20.8 Å². The van der Waals surface area contributed by atoms with Gasteiger partial charge < -0.3 is 10.1 Å². The number of carbonyl (C=O) groups is 1. The molecule has 1 rings (SSSR count). The van der Waals surface area contributed by atoms with Gasteiger partial charge in [-0.1, -0.05) is 51.1 Å². The summed E-state index contributed by atoms with van der Waals surface area (Å²) in [5.74, 6) is -0.214. The third-order valence-corrected chi connectivity index (χ3v) is 5.09. The average Bonchev–Trinajstić information content (AvgIpc) is 2.41. The zero-order valence-corrected chi connectivity index (χ0v) is 16.7. The fraction of sp³-hybridized carbons (Fsp3) is 0.611. The zero-order chi connectivity index (χ0) is 19.3. The molecule has 0 aliphatic heterocycles. The number of sulfonamides is 1. The summed E-state index contributed by atoms with van der Waals surface area (Å²) in [6, 6.07) is 8.72. The zero-order valence-electron chi connectivity index (χ0n) is 15.9. The normalized spacial score (nSPS) is 14.0. The minimum absolute atomic E-state index is 0.135. The third kappa shape index (κ3) is 8.88. The molecule has 1 atom stereocenters. The fourth-order valence-electron chi connectivity index (χ4n) is 2.14. The molecule has 1 aromatic carbocycles. The molecule has 0 aliphatic carbocycles. The van der Waals surface area contributed by atoms with E-state index in [0.717, 1.165) is 5.56 Å². The van der Waals surface area contributed by atoms with Crippen LogP contribution in [0.1, 0.15) is 47.1 Å². The summed E-state index contributed by atoms with van der Waals surface area (Å²) < 4.78 is 32.5. The molecule has 0 fully saturated rings. The van der Waals surface area contributed by atoms with Crippen molar-refractivity contribution in [1.82, 2.24) is 10.0 Å². The fourth-order valence-corrected chi connectivity index (χ4v) is 4.18. The number of benzene rings is 1. The highest BCUT2D eigenvalue weighted by atomic mass is 32.2. The molecule has 0 saturated heterocycles. The maximum atomic E-state index is 12.4. The second kappa shape index (κ2) is 8.19. The Morgan fingerprint density at radius 2 is 1.64 bits per heavy atom. The molecular formula is C18H30N2O4S. The molecule has 0 aliphatic rings. The molecule has 0 radical (unpaired) electrons. The van der Waals surface area contributed by atoms with Crippen LogP contribution in [0.3, 0.4) is 0 Å². The van der Waals surface area contributed by atoms with Gasteiger partial charge in [0.2, 0.25) is 10.0 Å². The van der Waals surface area contributed by atoms with Crippen molar-refractivity contribution in [2.45, 2.75) is 59.7 Å². The van der Waals surface area contributed by atoms with E-state index in [2.05, 4.69) is 10.0 Å². The van der Waals surface area contributed by atoms with Crippen LogP contribution in [-0.2, 0) is 21.4 Å². The lowest BCUT2D eigenvalue weighted by Crippen LogP contribution is -2.52. The van der Waals surface area contributed by atoms with Gasteiger partial charge in [0, 0.05) is 5.54 Å². The quantitative estimate of drug-likeness (QED) is 0.806. The van der Waals surface area contributed by atoms with Gasteiger partial charge >= 0.3 is 6.09 Å². The highest BCUT2D eigenvalue weighted by Crippen LogP contribution is 2.21. The number of hydrogen-bond acceptors (Lipinski definition) is 4. The number of carbonyl (C=O) groups excluding carboxylic acids is 1. The molecule has 25 heavy (non-hydrogen) atoms. The first-order valence-electron chi connectivity index (χ1n) is 8.27. The van der Waals surface area contributed by atoms with Crippen LogP contribution in [0.4, 0.5) is 4.79 Å². The predicted octanol–water partition coefficient (Wildman–Crippen LogP) is 3.05. The molecule has 142 valence electrons. The Morgan fingerprint density at radius 1 is 1.08 bits per heavy atom. The first kappa shape index (κ1) is 21.4. The summed E-state index contributed by atoms with van der Waals surface area (Å²) >= 11 is 0. The van der Waals surface area contributed by atoms with E-state index in [0.29, 0.717) is 0 Å². The van der Waals surface area contributed by atoms with Crippen molar-refractivity contribution >= 4 is 16.1 Å². The van der Waals surface area contributed by atoms with E-state index in [4.69, 9.17) is 4.74 Å². The van der Waals surface area contributed by atoms with E-state index in [1.165, 1.54) is 0 Å². The van der Waals surface area contributed by atoms with Gasteiger partial charge in [-0.25, -0.2) is 17.9 Å². The lowest BCUT2D eigenvalue weighted by Gasteiger charge is -2.32. The van der Waals surface area contributed by atoms with Crippen LogP contribution in [0.5, 0.6) is 0 Å². The van der Waals surface area contributed by atoms with Crippen LogP contribution in [0.2, 0.25) is 0 Å². The van der Waals surface area contributed by atoms with E-state index >= 15 is 0 Å². The molecule has 7 heteroatoms. The van der Waals surface area contributed by atoms with Crippen molar-refractivity contribution < 1.29 is 17.9 Å². The largest absolute Gasteiger partial charge is 0.445 e. The molecule has 0 heterocycles. The van der Waals surface area contributed by atoms with Gasteiger partial charge in [0.25, 0.3) is 0 Å². The van der Waals surface area contributed by atoms with Gasteiger partial charge in [0.1, 0.15) is 6.61 Å². The van der Waals surface area contributed by atoms with Crippen molar-refractivity contribution in [2.75, 3.05) is 5.75 Å². The van der Waals surface area contributed by atoms with E-state index < -0.39 is 33.1 Å². The highest BCUT2D eigenvalue weighted by Gasteiger charge is 2.33. The number of rotatable bonds is 6. The Hall–Kier alpha value is -1.60. The van der Waals surface area contributed by atoms with Gasteiger partial charge in [0.15, 0.2) is 0 Å². The van der Waals surface area contributed by atoms with Gasteiger partial charge in [-0.15, -0.1) is 0 Å². The Labute approximate surface area is 151 Å². The number of alkyl carbamates (subject to hydrolysis) is 1. The van der Waals surface area contributed by atoms with Crippen LogP contribution >= 0.6 is 0 Å². The number of nitrogens with one attached hydrogen (secondary N) is 2. The SMILES string of the molecule is CC(C)(C)NS(=O)(=O)C[C@@H](NC(=O)OCc1ccccc1)C(C)(C)C. The van der Waals surface area contributed by atoms with Crippen molar-refractivity contribution in [3.63, 3.8) is 0 Å². The summed E-state index contributed by atoms with van der Waals surface area (Å²) in [6.45, 7) is 11.1. The average molecular weight is 371 g/mol. The molecule has 1 amide bonds. The Bertz CT molecular complexity index is 659. The third-order valence-electron chi connectivity index (χ3n) is 3.40. The monoisotopic (exact) mass is 370 g/mol. The lowest BCUT2D eigenvalue weighted by molar-refractivity contribution is 0.128. The van der Waals surface area contributed by atoms with E-state index in [-0.39, 0.29) is 12.4 Å². The van der Waals surface area contributed by atoms with Crippen LogP contribution in [0.15, 0.2) is 30.3 Å². The molecular weight excluding hydrogens is 340 g/mol. The smallest absolute Gasteiger partial charge is 0.407 e. The summed E-state index contributed by atoms with van der Waals surface area (Å²) in [5.41, 5.74) is -0.153. The molecule has 1 aromatic rings. The van der Waals surface area contributed by atoms with Crippen LogP contribution < -0.4 is 10.0 Å². The first-order valence-corrected chi connectivity index (χ1v) is 9.93. The second-order valence-electron chi connectivity index (χ2n) is 8.26. The van der Waals surface area contributed by atoms with E-state index in [1.807, 2.05) is 51.1 Å². The predicted molar refractivity (Wildman–Crippen MR) is 99.7 cm³/mol. The number of ether oxygens (including phenoxy) is 1. The van der Waals surface area contributed by atoms with Crippen LogP contribution in [0.25, 0.3) is 0 Å². The van der Waals surface area contributed by atoms with Gasteiger partial charge in [-0.2, -0.15) is 0 Å². The first-order chi connectivity index (χ1) is 11.3. The molecule has 0 spiro atoms. The summed E-state index contributed by atoms with van der Waals surface area (Å²) in [7, 11) is -3.55. The van der Waals surface area contributed by atoms with Crippen molar-refractivity contribution in [3.8, 4) is 0 Å². The maximum Gasteiger partial charge on any atom is 0.407 e. The maximum absolute atomic E-state index is 12.4. The summed E-state index contributed by atoms with van der Waals surface area (Å²) in [5, 5.41) is 2.69. The van der Waals surface area contributed by atoms with Gasteiger partial charge in [0.05, 0.1) is 11.8 Å². The van der Waals surface area contributed by atoms with Crippen LogP contribution in [0, 0.1) is 5.41 Å². The minimum Gasteiger partial charge on any atom is -0.445 e. The Kier molecular flexibility index (Phi) is 7.02. The van der Waals surface area contributed by atoms with E-state index in [9.17, 15) is 13.2 Å². The number of hydrogen-bond donors (Lipinski definition) is 2. The van der Waals surface area contributed by atoms with Gasteiger partial charge in [-0.05, 0) is 31.7 Å². The number of amides is 1. The highest BCUT2D eigenvalue weighted by molar-refractivity contribution is 7.89. The molecule has 6 nitrogen and oxygen atoms in total. The molecule has 2 N–H and O–H groups in total. The molecule has 0 bridgehead atoms. The topological polar surface area (TPSA) is 84.5 Å². The van der Waals surface area contributed by atoms with Gasteiger partial charge in [-0.3, -0.25) is 0 Å². The van der Waals surface area contributed by atoms with Crippen LogP contribution in [-0.4, -0.2) is 31.8 Å². The second-order valence-corrected chi connectivity index (χ2v) is 10.0. The molecule has 0 unspecified atom stereocenters. The van der Waals surface area contributed by atoms with Crippen molar-refractivity contribution in [3.05, 3.63) is 35.9 Å². The lowest BCUT2D eigenvalue weighted by atomic mass is 9.88. The Balaban J connectivity index is 2.72. The van der Waals surface area contributed by atoms with Crippen molar-refractivity contribution in [1.29, 1.82) is 0 Å². The summed E-state index contributed by atoms with van der Waals surface area (Å²) in [6.07, 6.45) is -0.630. The molecule has 0 aromatic heterocycles.